The van der Waals surface area contributed by atoms with Crippen molar-refractivity contribution in [2.75, 3.05) is 20.2 Å². The van der Waals surface area contributed by atoms with Gasteiger partial charge in [0.2, 0.25) is 5.91 Å². The number of carbonyl (C=O) groups excluding carboxylic acids is 1. The van der Waals surface area contributed by atoms with Crippen LogP contribution in [0.15, 0.2) is 24.3 Å². The molecule has 2 atom stereocenters. The van der Waals surface area contributed by atoms with Crippen LogP contribution < -0.4 is 5.32 Å². The molecule has 1 aromatic carbocycles. The molecule has 2 rings (SSSR count). The molecular formula is C14H20ClFN2O2. The Morgan fingerprint density at radius 2 is 2.20 bits per heavy atom. The normalized spacial score (nSPS) is 21.9. The third kappa shape index (κ3) is 3.91. The van der Waals surface area contributed by atoms with E-state index in [4.69, 9.17) is 4.74 Å². The first-order valence-corrected chi connectivity index (χ1v) is 6.43. The van der Waals surface area contributed by atoms with Gasteiger partial charge in [0.1, 0.15) is 11.9 Å². The second kappa shape index (κ2) is 7.57. The Kier molecular flexibility index (Phi) is 6.39. The molecule has 1 aliphatic heterocycles. The number of amides is 1. The van der Waals surface area contributed by atoms with Crippen molar-refractivity contribution in [3.05, 3.63) is 35.6 Å². The van der Waals surface area contributed by atoms with E-state index >= 15 is 0 Å². The van der Waals surface area contributed by atoms with Crippen molar-refractivity contribution >= 4 is 18.3 Å². The molecule has 20 heavy (non-hydrogen) atoms. The van der Waals surface area contributed by atoms with Gasteiger partial charge in [0, 0.05) is 25.7 Å². The number of halogens is 2. The summed E-state index contributed by atoms with van der Waals surface area (Å²) in [6, 6.07) is 6.14. The summed E-state index contributed by atoms with van der Waals surface area (Å²) in [4.78, 5) is 13.8. The van der Waals surface area contributed by atoms with E-state index in [1.54, 1.807) is 25.2 Å². The van der Waals surface area contributed by atoms with Crippen LogP contribution in [0.5, 0.6) is 0 Å². The molecule has 112 valence electrons. The Morgan fingerprint density at radius 3 is 2.85 bits per heavy atom. The lowest BCUT2D eigenvalue weighted by atomic mass is 10.1. The Labute approximate surface area is 124 Å². The fraction of sp³-hybridized carbons (Fsp3) is 0.500. The fourth-order valence-corrected chi connectivity index (χ4v) is 2.21. The molecule has 0 spiro atoms. The number of benzene rings is 1. The minimum atomic E-state index is -0.356. The third-order valence-corrected chi connectivity index (χ3v) is 3.32. The molecule has 0 saturated carbocycles. The van der Waals surface area contributed by atoms with Crippen LogP contribution in [0.1, 0.15) is 12.5 Å². The van der Waals surface area contributed by atoms with Crippen molar-refractivity contribution in [2.45, 2.75) is 25.6 Å². The minimum Gasteiger partial charge on any atom is -0.375 e. The number of morpholine rings is 1. The average Bonchev–Trinajstić information content (AvgIpc) is 2.41. The van der Waals surface area contributed by atoms with Gasteiger partial charge in [-0.1, -0.05) is 18.2 Å². The SMILES string of the molecule is C[C@H]1OCCN[C@@H]1C(=O)N(C)Cc1ccccc1F.Cl. The summed E-state index contributed by atoms with van der Waals surface area (Å²) in [7, 11) is 1.68. The average molecular weight is 303 g/mol. The predicted octanol–water partition coefficient (Wildman–Crippen LogP) is 1.58. The molecule has 1 N–H and O–H groups in total. The smallest absolute Gasteiger partial charge is 0.242 e. The van der Waals surface area contributed by atoms with Crippen LogP contribution >= 0.6 is 12.4 Å². The number of rotatable bonds is 3. The Hall–Kier alpha value is -1.17. The van der Waals surface area contributed by atoms with E-state index in [0.717, 1.165) is 0 Å². The van der Waals surface area contributed by atoms with E-state index in [1.165, 1.54) is 11.0 Å². The zero-order chi connectivity index (χ0) is 13.8. The van der Waals surface area contributed by atoms with Gasteiger partial charge in [-0.2, -0.15) is 0 Å². The van der Waals surface area contributed by atoms with Crippen molar-refractivity contribution in [3.8, 4) is 0 Å². The maximum atomic E-state index is 13.6. The molecule has 1 aliphatic rings. The van der Waals surface area contributed by atoms with Crippen molar-refractivity contribution in [3.63, 3.8) is 0 Å². The van der Waals surface area contributed by atoms with E-state index < -0.39 is 0 Å². The summed E-state index contributed by atoms with van der Waals surface area (Å²) < 4.78 is 19.0. The van der Waals surface area contributed by atoms with Gasteiger partial charge in [-0.15, -0.1) is 12.4 Å². The maximum absolute atomic E-state index is 13.6. The predicted molar refractivity (Wildman–Crippen MR) is 77.3 cm³/mol. The summed E-state index contributed by atoms with van der Waals surface area (Å²) in [5.41, 5.74) is 0.516. The van der Waals surface area contributed by atoms with Gasteiger partial charge in [-0.25, -0.2) is 4.39 Å². The molecule has 0 aliphatic carbocycles. The molecule has 6 heteroatoms. The third-order valence-electron chi connectivity index (χ3n) is 3.32. The standard InChI is InChI=1S/C14H19FN2O2.ClH/c1-10-13(16-7-8-19-10)14(18)17(2)9-11-5-3-4-6-12(11)15;/h3-6,10,13,16H,7-9H2,1-2H3;1H/t10-,13+;/m1./s1. The van der Waals surface area contributed by atoms with Gasteiger partial charge in [-0.3, -0.25) is 4.79 Å². The number of carbonyl (C=O) groups is 1. The van der Waals surface area contributed by atoms with Gasteiger partial charge >= 0.3 is 0 Å². The highest BCUT2D eigenvalue weighted by Gasteiger charge is 2.30. The lowest BCUT2D eigenvalue weighted by Crippen LogP contribution is -2.55. The molecule has 0 unspecified atom stereocenters. The highest BCUT2D eigenvalue weighted by molar-refractivity contribution is 5.85. The van der Waals surface area contributed by atoms with Crippen molar-refractivity contribution in [2.24, 2.45) is 0 Å². The zero-order valence-corrected chi connectivity index (χ0v) is 12.5. The molecule has 1 fully saturated rings. The Balaban J connectivity index is 0.00000200. The number of nitrogens with zero attached hydrogens (tertiary/aromatic N) is 1. The number of hydrogen-bond acceptors (Lipinski definition) is 3. The van der Waals surface area contributed by atoms with Crippen LogP contribution in [-0.2, 0) is 16.1 Å². The summed E-state index contributed by atoms with van der Waals surface area (Å²) in [6.45, 7) is 3.40. The van der Waals surface area contributed by atoms with Crippen LogP contribution in [0.25, 0.3) is 0 Å². The molecule has 1 heterocycles. The molecule has 1 saturated heterocycles. The van der Waals surface area contributed by atoms with Crippen molar-refractivity contribution < 1.29 is 13.9 Å². The lowest BCUT2D eigenvalue weighted by Gasteiger charge is -2.32. The quantitative estimate of drug-likeness (QED) is 0.922. The first kappa shape index (κ1) is 16.9. The van der Waals surface area contributed by atoms with Crippen LogP contribution in [0, 0.1) is 5.82 Å². The first-order valence-electron chi connectivity index (χ1n) is 6.43. The van der Waals surface area contributed by atoms with E-state index in [0.29, 0.717) is 18.7 Å². The first-order chi connectivity index (χ1) is 9.09. The summed E-state index contributed by atoms with van der Waals surface area (Å²) in [5.74, 6) is -0.362. The van der Waals surface area contributed by atoms with E-state index in [2.05, 4.69) is 5.32 Å². The Morgan fingerprint density at radius 1 is 1.50 bits per heavy atom. The highest BCUT2D eigenvalue weighted by Crippen LogP contribution is 2.12. The highest BCUT2D eigenvalue weighted by atomic mass is 35.5. The van der Waals surface area contributed by atoms with Crippen molar-refractivity contribution in [1.29, 1.82) is 0 Å². The number of nitrogens with one attached hydrogen (secondary N) is 1. The van der Waals surface area contributed by atoms with E-state index in [1.807, 2.05) is 6.92 Å². The molecule has 0 aromatic heterocycles. The van der Waals surface area contributed by atoms with Crippen LogP contribution in [-0.4, -0.2) is 43.2 Å². The van der Waals surface area contributed by atoms with Gasteiger partial charge in [0.15, 0.2) is 0 Å². The summed E-state index contributed by atoms with van der Waals surface area (Å²) in [6.07, 6.45) is -0.163. The minimum absolute atomic E-state index is 0. The monoisotopic (exact) mass is 302 g/mol. The maximum Gasteiger partial charge on any atom is 0.242 e. The van der Waals surface area contributed by atoms with Gasteiger partial charge in [0.05, 0.1) is 12.7 Å². The molecule has 4 nitrogen and oxygen atoms in total. The van der Waals surface area contributed by atoms with Crippen molar-refractivity contribution in [1.82, 2.24) is 10.2 Å². The lowest BCUT2D eigenvalue weighted by molar-refractivity contribution is -0.138. The summed E-state index contributed by atoms with van der Waals surface area (Å²) >= 11 is 0. The van der Waals surface area contributed by atoms with Gasteiger partial charge in [0.25, 0.3) is 0 Å². The zero-order valence-electron chi connectivity index (χ0n) is 11.6. The summed E-state index contributed by atoms with van der Waals surface area (Å²) in [5, 5.41) is 3.14. The van der Waals surface area contributed by atoms with E-state index in [-0.39, 0.29) is 42.8 Å². The second-order valence-corrected chi connectivity index (χ2v) is 4.79. The molecule has 1 aromatic rings. The van der Waals surface area contributed by atoms with Crippen LogP contribution in [0.3, 0.4) is 0 Å². The topological polar surface area (TPSA) is 41.6 Å². The largest absolute Gasteiger partial charge is 0.375 e. The van der Waals surface area contributed by atoms with Gasteiger partial charge < -0.3 is 15.0 Å². The fourth-order valence-electron chi connectivity index (χ4n) is 2.21. The molecule has 0 radical (unpaired) electrons. The van der Waals surface area contributed by atoms with Crippen LogP contribution in [0.4, 0.5) is 4.39 Å². The van der Waals surface area contributed by atoms with E-state index in [9.17, 15) is 9.18 Å². The molecule has 0 bridgehead atoms. The second-order valence-electron chi connectivity index (χ2n) is 4.79. The molecule has 1 amide bonds. The molecular weight excluding hydrogens is 283 g/mol. The number of hydrogen-bond donors (Lipinski definition) is 1. The number of likely N-dealkylation sites (N-methyl/N-ethyl adjacent to an activating group) is 1. The Bertz CT molecular complexity index is 459. The van der Waals surface area contributed by atoms with Crippen LogP contribution in [0.2, 0.25) is 0 Å². The van der Waals surface area contributed by atoms with Gasteiger partial charge in [-0.05, 0) is 13.0 Å². The number of ether oxygens (including phenoxy) is 1.